The number of thiophene rings is 1. The topological polar surface area (TPSA) is 26.1 Å². The van der Waals surface area contributed by atoms with Crippen LogP contribution < -0.4 is 0 Å². The van der Waals surface area contributed by atoms with Crippen LogP contribution >= 0.6 is 11.3 Å². The van der Waals surface area contributed by atoms with Gasteiger partial charge in [-0.2, -0.15) is 0 Å². The minimum absolute atomic E-state index is 0.343. The lowest BCUT2D eigenvalue weighted by atomic mass is 10.1. The van der Waals surface area contributed by atoms with E-state index in [0.29, 0.717) is 0 Å². The van der Waals surface area contributed by atoms with Gasteiger partial charge in [-0.15, -0.1) is 11.3 Å². The third-order valence-corrected chi connectivity index (χ3v) is 2.26. The number of hydroxylamine groups is 1. The molecule has 1 rings (SSSR count). The Bertz CT molecular complexity index is 269. The third-order valence-electron chi connectivity index (χ3n) is 1.45. The van der Waals surface area contributed by atoms with Gasteiger partial charge in [0.2, 0.25) is 0 Å². The summed E-state index contributed by atoms with van der Waals surface area (Å²) in [5.74, 6) is 0. The molecule has 1 heterocycles. The number of hydrogen-bond donors (Lipinski definition) is 0. The van der Waals surface area contributed by atoms with Crippen molar-refractivity contribution in [2.24, 2.45) is 0 Å². The lowest BCUT2D eigenvalue weighted by Crippen LogP contribution is -2.29. The molecule has 66 valence electrons. The highest BCUT2D eigenvalue weighted by Gasteiger charge is 2.17. The van der Waals surface area contributed by atoms with Gasteiger partial charge in [0, 0.05) is 20.8 Å². The van der Waals surface area contributed by atoms with E-state index in [1.54, 1.807) is 17.6 Å². The Morgan fingerprint density at radius 3 is 2.58 bits per heavy atom. The van der Waals surface area contributed by atoms with Crippen LogP contribution in [0.4, 0.5) is 0 Å². The van der Waals surface area contributed by atoms with Gasteiger partial charge >= 0.3 is 0 Å². The molecular formula is C9H13NOS. The smallest absolute Gasteiger partial charge is 0.192 e. The standard InChI is InChI=1S/C9H13NOS/c1-9(2,3)10(11)7-8-5-4-6-12-8/h4-7H,1-3H3. The summed E-state index contributed by atoms with van der Waals surface area (Å²) in [4.78, 5) is 1.000. The molecule has 3 heteroatoms. The second kappa shape index (κ2) is 3.27. The molecule has 0 N–H and O–H groups in total. The summed E-state index contributed by atoms with van der Waals surface area (Å²) < 4.78 is 0.985. The van der Waals surface area contributed by atoms with E-state index in [2.05, 4.69) is 0 Å². The van der Waals surface area contributed by atoms with E-state index in [4.69, 9.17) is 0 Å². The Morgan fingerprint density at radius 2 is 2.17 bits per heavy atom. The summed E-state index contributed by atoms with van der Waals surface area (Å²) in [6.07, 6.45) is 1.63. The largest absolute Gasteiger partial charge is 0.623 e. The Balaban J connectivity index is 2.84. The van der Waals surface area contributed by atoms with E-state index in [1.807, 2.05) is 38.3 Å². The fourth-order valence-corrected chi connectivity index (χ4v) is 1.30. The third kappa shape index (κ3) is 2.34. The summed E-state index contributed by atoms with van der Waals surface area (Å²) in [5, 5.41) is 13.4. The molecule has 0 fully saturated rings. The van der Waals surface area contributed by atoms with Gasteiger partial charge in [-0.25, -0.2) is 4.74 Å². The zero-order valence-corrected chi connectivity index (χ0v) is 8.39. The average molecular weight is 183 g/mol. The van der Waals surface area contributed by atoms with E-state index in [1.165, 1.54) is 0 Å². The molecular weight excluding hydrogens is 170 g/mol. The Kier molecular flexibility index (Phi) is 2.52. The predicted octanol–water partition coefficient (Wildman–Crippen LogP) is 2.48. The van der Waals surface area contributed by atoms with E-state index in [9.17, 15) is 5.21 Å². The van der Waals surface area contributed by atoms with E-state index >= 15 is 0 Å². The molecule has 0 saturated carbocycles. The quantitative estimate of drug-likeness (QED) is 0.284. The highest BCUT2D eigenvalue weighted by atomic mass is 32.1. The highest BCUT2D eigenvalue weighted by molar-refractivity contribution is 7.11. The highest BCUT2D eigenvalue weighted by Crippen LogP contribution is 2.09. The molecule has 0 aliphatic carbocycles. The molecule has 0 unspecified atom stereocenters. The van der Waals surface area contributed by atoms with Crippen LogP contribution in [-0.4, -0.2) is 16.5 Å². The zero-order valence-electron chi connectivity index (χ0n) is 7.57. The molecule has 0 bridgehead atoms. The van der Waals surface area contributed by atoms with Crippen molar-refractivity contribution in [3.8, 4) is 0 Å². The normalized spacial score (nSPS) is 13.4. The monoisotopic (exact) mass is 183 g/mol. The maximum absolute atomic E-state index is 11.4. The average Bonchev–Trinajstić information content (AvgIpc) is 2.37. The first-order valence-corrected chi connectivity index (χ1v) is 4.73. The summed E-state index contributed by atoms with van der Waals surface area (Å²) in [7, 11) is 0. The van der Waals surface area contributed by atoms with Gasteiger partial charge in [-0.3, -0.25) is 0 Å². The van der Waals surface area contributed by atoms with Crippen molar-refractivity contribution in [1.82, 2.24) is 0 Å². The first-order chi connectivity index (χ1) is 5.50. The maximum atomic E-state index is 11.4. The number of hydrogen-bond acceptors (Lipinski definition) is 2. The second-order valence-corrected chi connectivity index (χ2v) is 4.62. The minimum atomic E-state index is -0.343. The molecule has 0 aliphatic heterocycles. The summed E-state index contributed by atoms with van der Waals surface area (Å²) >= 11 is 1.57. The molecule has 0 saturated heterocycles. The molecule has 0 radical (unpaired) electrons. The van der Waals surface area contributed by atoms with Crippen molar-refractivity contribution in [2.75, 3.05) is 0 Å². The van der Waals surface area contributed by atoms with Crippen LogP contribution in [0.3, 0.4) is 0 Å². The van der Waals surface area contributed by atoms with Crippen LogP contribution in [0.1, 0.15) is 25.6 Å². The second-order valence-electron chi connectivity index (χ2n) is 3.64. The van der Waals surface area contributed by atoms with Crippen molar-refractivity contribution < 1.29 is 4.74 Å². The molecule has 1 aromatic heterocycles. The van der Waals surface area contributed by atoms with Crippen LogP contribution in [0.2, 0.25) is 0 Å². The van der Waals surface area contributed by atoms with Crippen molar-refractivity contribution in [3.63, 3.8) is 0 Å². The number of nitrogens with zero attached hydrogens (tertiary/aromatic N) is 1. The fourth-order valence-electron chi connectivity index (χ4n) is 0.674. The Morgan fingerprint density at radius 1 is 1.50 bits per heavy atom. The van der Waals surface area contributed by atoms with Crippen LogP contribution in [0.5, 0.6) is 0 Å². The Labute approximate surface area is 76.8 Å². The fraction of sp³-hybridized carbons (Fsp3) is 0.444. The molecule has 0 atom stereocenters. The van der Waals surface area contributed by atoms with E-state index in [0.717, 1.165) is 9.62 Å². The van der Waals surface area contributed by atoms with Gasteiger partial charge in [0.05, 0.1) is 4.88 Å². The maximum Gasteiger partial charge on any atom is 0.192 e. The van der Waals surface area contributed by atoms with Crippen molar-refractivity contribution in [1.29, 1.82) is 0 Å². The first kappa shape index (κ1) is 9.26. The summed E-state index contributed by atoms with van der Waals surface area (Å²) in [5.41, 5.74) is -0.343. The van der Waals surface area contributed by atoms with E-state index in [-0.39, 0.29) is 5.54 Å². The molecule has 12 heavy (non-hydrogen) atoms. The minimum Gasteiger partial charge on any atom is -0.623 e. The van der Waals surface area contributed by atoms with Gasteiger partial charge in [0.15, 0.2) is 11.8 Å². The molecule has 2 nitrogen and oxygen atoms in total. The summed E-state index contributed by atoms with van der Waals surface area (Å²) in [6.45, 7) is 5.68. The lowest BCUT2D eigenvalue weighted by Gasteiger charge is -2.18. The van der Waals surface area contributed by atoms with Crippen LogP contribution in [0.25, 0.3) is 0 Å². The first-order valence-electron chi connectivity index (χ1n) is 3.85. The number of rotatable bonds is 1. The molecule has 0 aromatic carbocycles. The van der Waals surface area contributed by atoms with Crippen LogP contribution in [-0.2, 0) is 0 Å². The molecule has 0 aliphatic rings. The molecule has 1 aromatic rings. The SMILES string of the molecule is CC(C)(C)[N+]([O-])=Cc1cccs1. The van der Waals surface area contributed by atoms with Gasteiger partial charge in [0.1, 0.15) is 0 Å². The van der Waals surface area contributed by atoms with Gasteiger partial charge in [0.25, 0.3) is 0 Å². The van der Waals surface area contributed by atoms with Crippen LogP contribution in [0.15, 0.2) is 17.5 Å². The summed E-state index contributed by atoms with van der Waals surface area (Å²) in [6, 6.07) is 3.87. The van der Waals surface area contributed by atoms with Gasteiger partial charge in [-0.1, -0.05) is 6.07 Å². The van der Waals surface area contributed by atoms with Crippen LogP contribution in [0, 0.1) is 5.21 Å². The zero-order chi connectivity index (χ0) is 9.19. The van der Waals surface area contributed by atoms with Gasteiger partial charge < -0.3 is 5.21 Å². The Hall–Kier alpha value is -0.830. The molecule has 0 amide bonds. The van der Waals surface area contributed by atoms with E-state index < -0.39 is 0 Å². The van der Waals surface area contributed by atoms with Crippen molar-refractivity contribution >= 4 is 17.6 Å². The van der Waals surface area contributed by atoms with Crippen molar-refractivity contribution in [3.05, 3.63) is 27.6 Å². The predicted molar refractivity (Wildman–Crippen MR) is 52.9 cm³/mol. The molecule has 0 spiro atoms. The van der Waals surface area contributed by atoms with Gasteiger partial charge in [-0.05, 0) is 11.4 Å². The lowest BCUT2D eigenvalue weighted by molar-refractivity contribution is -0.530. The van der Waals surface area contributed by atoms with Crippen molar-refractivity contribution in [2.45, 2.75) is 26.3 Å².